The Morgan fingerprint density at radius 3 is 2.57 bits per heavy atom. The Hall–Kier alpha value is -1.96. The number of fused-ring (bicyclic) bond motifs is 1. The van der Waals surface area contributed by atoms with Gasteiger partial charge >= 0.3 is 5.97 Å². The lowest BCUT2D eigenvalue weighted by Crippen LogP contribution is -2.28. The van der Waals surface area contributed by atoms with Crippen molar-refractivity contribution in [2.24, 2.45) is 23.2 Å². The van der Waals surface area contributed by atoms with E-state index in [1.165, 1.54) is 7.11 Å². The summed E-state index contributed by atoms with van der Waals surface area (Å²) >= 11 is 0. The molecular weight excluding hydrogens is 488 g/mol. The summed E-state index contributed by atoms with van der Waals surface area (Å²) < 4.78 is 32.1. The molecule has 1 aromatic rings. The van der Waals surface area contributed by atoms with Crippen LogP contribution in [-0.4, -0.2) is 49.2 Å². The van der Waals surface area contributed by atoms with Crippen LogP contribution in [0.15, 0.2) is 59.0 Å². The summed E-state index contributed by atoms with van der Waals surface area (Å²) in [6.45, 7) is 6.26. The molecule has 2 aliphatic carbocycles. The van der Waals surface area contributed by atoms with E-state index in [0.29, 0.717) is 25.7 Å². The number of aliphatic hydroxyl groups is 2. The van der Waals surface area contributed by atoms with Gasteiger partial charge in [0.25, 0.3) is 0 Å². The van der Waals surface area contributed by atoms with Gasteiger partial charge in [0.1, 0.15) is 0 Å². The number of rotatable bonds is 13. The molecule has 1 aromatic carbocycles. The number of esters is 1. The van der Waals surface area contributed by atoms with Crippen molar-refractivity contribution in [1.82, 2.24) is 0 Å². The van der Waals surface area contributed by atoms with Gasteiger partial charge in [-0.05, 0) is 61.5 Å². The fourth-order valence-electron chi connectivity index (χ4n) is 5.91. The molecule has 1 unspecified atom stereocenters. The lowest BCUT2D eigenvalue weighted by molar-refractivity contribution is -0.140. The van der Waals surface area contributed by atoms with Crippen molar-refractivity contribution in [2.45, 2.75) is 94.5 Å². The third kappa shape index (κ3) is 7.12. The topological polar surface area (TPSA) is 101 Å². The van der Waals surface area contributed by atoms with Gasteiger partial charge in [-0.15, -0.1) is 0 Å². The van der Waals surface area contributed by atoms with Crippen LogP contribution in [0.1, 0.15) is 72.1 Å². The average molecular weight is 533 g/mol. The average Bonchev–Trinajstić information content (AvgIpc) is 3.40. The lowest BCUT2D eigenvalue weighted by atomic mass is 9.80. The molecule has 0 bridgehead atoms. The van der Waals surface area contributed by atoms with E-state index in [1.54, 1.807) is 30.3 Å². The predicted octanol–water partition coefficient (Wildman–Crippen LogP) is 5.25. The van der Waals surface area contributed by atoms with Crippen molar-refractivity contribution >= 4 is 15.8 Å². The third-order valence-corrected chi connectivity index (χ3v) is 10.5. The Morgan fingerprint density at radius 2 is 1.92 bits per heavy atom. The van der Waals surface area contributed by atoms with Crippen molar-refractivity contribution in [3.63, 3.8) is 0 Å². The van der Waals surface area contributed by atoms with Crippen LogP contribution in [0.4, 0.5) is 0 Å². The van der Waals surface area contributed by atoms with Gasteiger partial charge in [0.05, 0.1) is 29.5 Å². The number of hydrogen-bond acceptors (Lipinski definition) is 6. The number of sulfone groups is 1. The van der Waals surface area contributed by atoms with Crippen LogP contribution in [0.5, 0.6) is 0 Å². The van der Waals surface area contributed by atoms with Gasteiger partial charge in [-0.3, -0.25) is 4.79 Å². The van der Waals surface area contributed by atoms with Crippen LogP contribution >= 0.6 is 0 Å². The first-order valence-corrected chi connectivity index (χ1v) is 15.2. The first-order valence-electron chi connectivity index (χ1n) is 13.6. The minimum atomic E-state index is -3.65. The molecule has 206 valence electrons. The van der Waals surface area contributed by atoms with Gasteiger partial charge in [0.2, 0.25) is 0 Å². The Kier molecular flexibility index (Phi) is 10.2. The van der Waals surface area contributed by atoms with Crippen molar-refractivity contribution in [3.8, 4) is 0 Å². The molecule has 0 radical (unpaired) electrons. The standard InChI is InChI=1S/C30H44O6S/c1-5-6-17-30(2,3)28(32)16-15-24-25-19-22(18-21(25)20-26(24)31)27(13-10-14-29(33)36-4)37(34,35)23-11-8-7-9-12-23/h7-9,11-12,15-16,18,21,24-28,31-32H,5-6,10,13-14,17,19-20H2,1-4H3/b16-15+/t21-,24-,25-,26+,27?,28-/m0/s1. The zero-order chi connectivity index (χ0) is 27.2. The van der Waals surface area contributed by atoms with Gasteiger partial charge in [-0.25, -0.2) is 8.42 Å². The third-order valence-electron chi connectivity index (χ3n) is 8.33. The number of methoxy groups -OCH3 is 1. The first-order chi connectivity index (χ1) is 17.5. The van der Waals surface area contributed by atoms with E-state index < -0.39 is 27.3 Å². The molecule has 0 spiro atoms. The minimum absolute atomic E-state index is 0.0963. The highest BCUT2D eigenvalue weighted by atomic mass is 32.2. The number of benzene rings is 1. The summed E-state index contributed by atoms with van der Waals surface area (Å²) in [5.74, 6) is -0.285. The van der Waals surface area contributed by atoms with Gasteiger partial charge in [-0.2, -0.15) is 0 Å². The van der Waals surface area contributed by atoms with Crippen LogP contribution in [-0.2, 0) is 19.4 Å². The second kappa shape index (κ2) is 12.7. The van der Waals surface area contributed by atoms with Crippen LogP contribution in [0, 0.1) is 23.2 Å². The molecule has 6 atom stereocenters. The monoisotopic (exact) mass is 532 g/mol. The maximum atomic E-state index is 13.7. The van der Waals surface area contributed by atoms with Crippen molar-refractivity contribution < 1.29 is 28.2 Å². The summed E-state index contributed by atoms with van der Waals surface area (Å²) in [6, 6.07) is 8.48. The zero-order valence-electron chi connectivity index (χ0n) is 22.7. The number of ether oxygens (including phenoxy) is 1. The fourth-order valence-corrected chi connectivity index (χ4v) is 7.82. The summed E-state index contributed by atoms with van der Waals surface area (Å²) in [4.78, 5) is 12.0. The lowest BCUT2D eigenvalue weighted by Gasteiger charge is -2.29. The molecule has 1 fully saturated rings. The molecule has 37 heavy (non-hydrogen) atoms. The minimum Gasteiger partial charge on any atom is -0.469 e. The number of carbonyl (C=O) groups excluding carboxylic acids is 1. The molecule has 0 saturated heterocycles. The van der Waals surface area contributed by atoms with E-state index in [0.717, 1.165) is 24.8 Å². The summed E-state index contributed by atoms with van der Waals surface area (Å²) in [6.07, 6.45) is 9.88. The van der Waals surface area contributed by atoms with Crippen LogP contribution in [0.3, 0.4) is 0 Å². The Bertz CT molecular complexity index is 1060. The molecule has 2 aliphatic rings. The maximum absolute atomic E-state index is 13.7. The van der Waals surface area contributed by atoms with Crippen molar-refractivity contribution in [1.29, 1.82) is 0 Å². The van der Waals surface area contributed by atoms with Crippen LogP contribution < -0.4 is 0 Å². The quantitative estimate of drug-likeness (QED) is 0.266. The van der Waals surface area contributed by atoms with Crippen molar-refractivity contribution in [3.05, 3.63) is 54.1 Å². The van der Waals surface area contributed by atoms with Crippen LogP contribution in [0.25, 0.3) is 0 Å². The number of carbonyl (C=O) groups is 1. The van der Waals surface area contributed by atoms with E-state index in [2.05, 4.69) is 26.8 Å². The summed E-state index contributed by atoms with van der Waals surface area (Å²) in [5, 5.41) is 20.9. The molecule has 0 amide bonds. The van der Waals surface area contributed by atoms with E-state index in [-0.39, 0.29) is 40.5 Å². The zero-order valence-corrected chi connectivity index (χ0v) is 23.5. The molecule has 3 rings (SSSR count). The smallest absolute Gasteiger partial charge is 0.305 e. The molecular formula is C30H44O6S. The highest BCUT2D eigenvalue weighted by Crippen LogP contribution is 2.49. The van der Waals surface area contributed by atoms with Gasteiger partial charge in [-0.1, -0.05) is 75.6 Å². The normalized spacial score (nSPS) is 25.6. The highest BCUT2D eigenvalue weighted by Gasteiger charge is 2.46. The highest BCUT2D eigenvalue weighted by molar-refractivity contribution is 7.92. The number of unbranched alkanes of at least 4 members (excludes halogenated alkanes) is 1. The Balaban J connectivity index is 1.79. The summed E-state index contributed by atoms with van der Waals surface area (Å²) in [7, 11) is -2.31. The second-order valence-electron chi connectivity index (χ2n) is 11.4. The predicted molar refractivity (Wildman–Crippen MR) is 146 cm³/mol. The molecule has 0 heterocycles. The molecule has 1 saturated carbocycles. The van der Waals surface area contributed by atoms with Crippen LogP contribution in [0.2, 0.25) is 0 Å². The molecule has 0 aliphatic heterocycles. The molecule has 2 N–H and O–H groups in total. The molecule has 0 aromatic heterocycles. The molecule has 7 heteroatoms. The van der Waals surface area contributed by atoms with E-state index in [4.69, 9.17) is 4.74 Å². The first kappa shape index (κ1) is 29.6. The molecule has 6 nitrogen and oxygen atoms in total. The van der Waals surface area contributed by atoms with Gasteiger partial charge < -0.3 is 14.9 Å². The number of hydrogen-bond donors (Lipinski definition) is 2. The van der Waals surface area contributed by atoms with E-state index in [9.17, 15) is 23.4 Å². The van der Waals surface area contributed by atoms with E-state index in [1.807, 2.05) is 12.2 Å². The summed E-state index contributed by atoms with van der Waals surface area (Å²) in [5.41, 5.74) is 0.626. The maximum Gasteiger partial charge on any atom is 0.305 e. The number of aliphatic hydroxyl groups excluding tert-OH is 2. The van der Waals surface area contributed by atoms with Crippen molar-refractivity contribution in [2.75, 3.05) is 7.11 Å². The Morgan fingerprint density at radius 1 is 1.22 bits per heavy atom. The van der Waals surface area contributed by atoms with Gasteiger partial charge in [0, 0.05) is 12.3 Å². The largest absolute Gasteiger partial charge is 0.469 e. The second-order valence-corrected chi connectivity index (χ2v) is 13.5. The number of allylic oxidation sites excluding steroid dienone is 1. The van der Waals surface area contributed by atoms with E-state index >= 15 is 0 Å². The Labute approximate surface area is 222 Å². The fraction of sp³-hybridized carbons (Fsp3) is 0.633. The van der Waals surface area contributed by atoms with Gasteiger partial charge in [0.15, 0.2) is 9.84 Å². The SMILES string of the molecule is CCCCC(C)(C)[C@@H](O)/C=C/[C@H]1[C@H]2CC(C(CCCC(=O)OC)S(=O)(=O)c3ccccc3)=C[C@H]2C[C@H]1O.